The third kappa shape index (κ3) is 4.75. The summed E-state index contributed by atoms with van der Waals surface area (Å²) in [4.78, 5) is 21.9. The van der Waals surface area contributed by atoms with Crippen LogP contribution in [0.4, 0.5) is 4.79 Å². The number of carbonyl (C=O) groups is 2. The highest BCUT2D eigenvalue weighted by molar-refractivity contribution is 8.01. The minimum atomic E-state index is -4.82. The van der Waals surface area contributed by atoms with Crippen LogP contribution < -0.4 is 5.32 Å². The molecule has 0 aliphatic carbocycles. The van der Waals surface area contributed by atoms with Crippen LogP contribution in [0.25, 0.3) is 0 Å². The first-order chi connectivity index (χ1) is 6.82. The fourth-order valence-corrected chi connectivity index (χ4v) is 1.19. The average Bonchev–Trinajstić information content (AvgIpc) is 2.14. The van der Waals surface area contributed by atoms with Crippen LogP contribution in [0.3, 0.4) is 0 Å². The molecule has 0 aromatic rings. The molecule has 1 amide bonds. The lowest BCUT2D eigenvalue weighted by Gasteiger charge is -2.13. The molecular weight excluding hydrogens is 226 g/mol. The highest BCUT2D eigenvalue weighted by Gasteiger charge is 2.26. The van der Waals surface area contributed by atoms with Gasteiger partial charge < -0.3 is 10.1 Å². The molecule has 0 rings (SSSR count). The van der Waals surface area contributed by atoms with E-state index in [1.54, 1.807) is 6.92 Å². The molecule has 0 radical (unpaired) electrons. The Labute approximate surface area is 87.5 Å². The van der Waals surface area contributed by atoms with Gasteiger partial charge in [-0.25, -0.2) is 4.79 Å². The number of hydrogen-bond donors (Lipinski definition) is 2. The van der Waals surface area contributed by atoms with Crippen molar-refractivity contribution in [3.8, 4) is 0 Å². The SMILES string of the molecule is CCC[C@@H](NC(=O)S(=O)(=O)O)C(=O)OC. The number of nitrogens with one attached hydrogen (secondary N) is 1. The topological polar surface area (TPSA) is 110 Å². The second-order valence-electron chi connectivity index (χ2n) is 2.77. The highest BCUT2D eigenvalue weighted by Crippen LogP contribution is 2.00. The normalized spacial score (nSPS) is 13.0. The second kappa shape index (κ2) is 5.66. The maximum Gasteiger partial charge on any atom is 0.364 e. The lowest BCUT2D eigenvalue weighted by molar-refractivity contribution is -0.142. The van der Waals surface area contributed by atoms with Gasteiger partial charge in [-0.1, -0.05) is 13.3 Å². The van der Waals surface area contributed by atoms with E-state index in [0.29, 0.717) is 6.42 Å². The number of hydrogen-bond acceptors (Lipinski definition) is 5. The Kier molecular flexibility index (Phi) is 5.23. The van der Waals surface area contributed by atoms with Gasteiger partial charge >= 0.3 is 21.3 Å². The van der Waals surface area contributed by atoms with Crippen molar-refractivity contribution >= 4 is 21.3 Å². The first-order valence-corrected chi connectivity index (χ1v) is 5.62. The van der Waals surface area contributed by atoms with Gasteiger partial charge in [0.2, 0.25) is 0 Å². The lowest BCUT2D eigenvalue weighted by Crippen LogP contribution is -2.43. The van der Waals surface area contributed by atoms with Gasteiger partial charge in [0.15, 0.2) is 0 Å². The Bertz CT molecular complexity index is 335. The van der Waals surface area contributed by atoms with Crippen LogP contribution in [0.2, 0.25) is 0 Å². The van der Waals surface area contributed by atoms with Gasteiger partial charge in [0, 0.05) is 0 Å². The Balaban J connectivity index is 4.56. The standard InChI is InChI=1S/C7H13NO6S/c1-3-4-5(6(9)14-2)8-7(10)15(11,12)13/h5H,3-4H2,1-2H3,(H,8,10)(H,11,12,13)/t5-/m1/s1. The largest absolute Gasteiger partial charge is 0.467 e. The summed E-state index contributed by atoms with van der Waals surface area (Å²) in [5.74, 6) is -0.756. The fraction of sp³-hybridized carbons (Fsp3) is 0.714. The molecule has 88 valence electrons. The molecule has 0 aliphatic rings. The van der Waals surface area contributed by atoms with Crippen molar-refractivity contribution in [1.29, 1.82) is 0 Å². The Morgan fingerprint density at radius 2 is 2.00 bits per heavy atom. The summed E-state index contributed by atoms with van der Waals surface area (Å²) < 4.78 is 33.5. The third-order valence-electron chi connectivity index (χ3n) is 1.59. The Morgan fingerprint density at radius 1 is 1.47 bits per heavy atom. The quantitative estimate of drug-likeness (QED) is 0.524. The minimum Gasteiger partial charge on any atom is -0.467 e. The van der Waals surface area contributed by atoms with Gasteiger partial charge in [-0.2, -0.15) is 8.42 Å². The molecule has 0 unspecified atom stereocenters. The van der Waals surface area contributed by atoms with E-state index in [1.165, 1.54) is 0 Å². The number of amides is 1. The van der Waals surface area contributed by atoms with Crippen LogP contribution in [0, 0.1) is 0 Å². The highest BCUT2D eigenvalue weighted by atomic mass is 32.2. The molecule has 0 fully saturated rings. The molecule has 15 heavy (non-hydrogen) atoms. The van der Waals surface area contributed by atoms with Gasteiger partial charge in [-0.15, -0.1) is 0 Å². The van der Waals surface area contributed by atoms with E-state index < -0.39 is 27.4 Å². The van der Waals surface area contributed by atoms with E-state index in [2.05, 4.69) is 4.74 Å². The van der Waals surface area contributed by atoms with Crippen LogP contribution in [0.15, 0.2) is 0 Å². The summed E-state index contributed by atoms with van der Waals surface area (Å²) in [5, 5.41) is 0.252. The zero-order valence-electron chi connectivity index (χ0n) is 8.39. The van der Waals surface area contributed by atoms with Crippen LogP contribution in [0.1, 0.15) is 19.8 Å². The number of carbonyl (C=O) groups excluding carboxylic acids is 2. The smallest absolute Gasteiger partial charge is 0.364 e. The van der Waals surface area contributed by atoms with Crippen molar-refractivity contribution in [3.63, 3.8) is 0 Å². The van der Waals surface area contributed by atoms with Crippen LogP contribution in [0.5, 0.6) is 0 Å². The zero-order chi connectivity index (χ0) is 12.1. The molecule has 8 heteroatoms. The summed E-state index contributed by atoms with van der Waals surface area (Å²) in [6.07, 6.45) is 0.777. The molecule has 0 aliphatic heterocycles. The monoisotopic (exact) mass is 239 g/mol. The van der Waals surface area contributed by atoms with Crippen molar-refractivity contribution in [2.24, 2.45) is 0 Å². The zero-order valence-corrected chi connectivity index (χ0v) is 9.20. The van der Waals surface area contributed by atoms with Crippen LogP contribution in [-0.2, 0) is 19.6 Å². The van der Waals surface area contributed by atoms with Crippen molar-refractivity contribution in [2.45, 2.75) is 25.8 Å². The molecule has 0 saturated carbocycles. The van der Waals surface area contributed by atoms with E-state index >= 15 is 0 Å². The van der Waals surface area contributed by atoms with E-state index in [0.717, 1.165) is 7.11 Å². The minimum absolute atomic E-state index is 0.230. The number of esters is 1. The van der Waals surface area contributed by atoms with Gasteiger partial charge in [0.05, 0.1) is 7.11 Å². The Hall–Kier alpha value is -1.15. The van der Waals surface area contributed by atoms with Crippen LogP contribution >= 0.6 is 0 Å². The van der Waals surface area contributed by atoms with Gasteiger partial charge in [-0.05, 0) is 6.42 Å². The summed E-state index contributed by atoms with van der Waals surface area (Å²) in [6, 6.07) is -1.06. The lowest BCUT2D eigenvalue weighted by atomic mass is 10.2. The summed E-state index contributed by atoms with van der Waals surface area (Å²) in [6.45, 7) is 1.75. The van der Waals surface area contributed by atoms with Crippen molar-refractivity contribution in [2.75, 3.05) is 7.11 Å². The maximum atomic E-state index is 11.1. The molecule has 0 saturated heterocycles. The molecule has 2 N–H and O–H groups in total. The fourth-order valence-electron chi connectivity index (χ4n) is 0.897. The number of ether oxygens (including phenoxy) is 1. The number of methoxy groups -OCH3 is 1. The first-order valence-electron chi connectivity index (χ1n) is 4.18. The van der Waals surface area contributed by atoms with Gasteiger partial charge in [-0.3, -0.25) is 9.35 Å². The van der Waals surface area contributed by atoms with Crippen molar-refractivity contribution in [1.82, 2.24) is 5.32 Å². The Morgan fingerprint density at radius 3 is 2.33 bits per heavy atom. The number of rotatable bonds is 4. The van der Waals surface area contributed by atoms with E-state index in [9.17, 15) is 18.0 Å². The molecule has 1 atom stereocenters. The second-order valence-corrected chi connectivity index (χ2v) is 4.09. The van der Waals surface area contributed by atoms with Crippen LogP contribution in [-0.4, -0.2) is 37.3 Å². The molecule has 0 aromatic heterocycles. The molecule has 0 aromatic carbocycles. The molecule has 0 heterocycles. The molecule has 0 bridgehead atoms. The summed E-state index contributed by atoms with van der Waals surface area (Å²) in [7, 11) is -3.70. The first kappa shape index (κ1) is 13.8. The van der Waals surface area contributed by atoms with E-state index in [-0.39, 0.29) is 6.42 Å². The van der Waals surface area contributed by atoms with E-state index in [4.69, 9.17) is 4.55 Å². The van der Waals surface area contributed by atoms with Gasteiger partial charge in [0.25, 0.3) is 0 Å². The summed E-state index contributed by atoms with van der Waals surface area (Å²) >= 11 is 0. The van der Waals surface area contributed by atoms with E-state index in [1.807, 2.05) is 5.32 Å². The molecule has 0 spiro atoms. The van der Waals surface area contributed by atoms with Gasteiger partial charge in [0.1, 0.15) is 6.04 Å². The molecule has 7 nitrogen and oxygen atoms in total. The predicted octanol–water partition coefficient (Wildman–Crippen LogP) is -0.0745. The summed E-state index contributed by atoms with van der Waals surface area (Å²) in [5.41, 5.74) is 0. The average molecular weight is 239 g/mol. The molecular formula is C7H13NO6S. The van der Waals surface area contributed by atoms with Crippen molar-refractivity contribution in [3.05, 3.63) is 0 Å². The third-order valence-corrected chi connectivity index (χ3v) is 2.18. The predicted molar refractivity (Wildman–Crippen MR) is 50.8 cm³/mol. The van der Waals surface area contributed by atoms with Crippen molar-refractivity contribution < 1.29 is 27.3 Å². The maximum absolute atomic E-state index is 11.1.